The fraction of sp³-hybridized carbons (Fsp3) is 0.238. The van der Waals surface area contributed by atoms with Crippen LogP contribution >= 0.6 is 0 Å². The van der Waals surface area contributed by atoms with Gasteiger partial charge in [0.05, 0.1) is 5.69 Å². The number of azo groups is 1. The van der Waals surface area contributed by atoms with Crippen molar-refractivity contribution in [2.45, 2.75) is 33.2 Å². The number of benzene rings is 2. The molecule has 2 aromatic carbocycles. The number of hydrogen-bond acceptors (Lipinski definition) is 5. The van der Waals surface area contributed by atoms with Crippen LogP contribution in [0.5, 0.6) is 5.88 Å². The minimum Gasteiger partial charge on any atom is -0.493 e. The number of hydrogen-bond donors (Lipinski definition) is 1. The average molecular weight is 360 g/mol. The van der Waals surface area contributed by atoms with Crippen molar-refractivity contribution in [1.29, 1.82) is 5.26 Å². The van der Waals surface area contributed by atoms with Crippen molar-refractivity contribution in [1.82, 2.24) is 4.57 Å². The van der Waals surface area contributed by atoms with E-state index in [-0.39, 0.29) is 23.2 Å². The number of pyridine rings is 1. The van der Waals surface area contributed by atoms with Crippen LogP contribution in [0.15, 0.2) is 57.5 Å². The summed E-state index contributed by atoms with van der Waals surface area (Å²) in [5.41, 5.74) is 0.610. The predicted molar refractivity (Wildman–Crippen MR) is 105 cm³/mol. The molecule has 0 spiro atoms. The van der Waals surface area contributed by atoms with Crippen molar-refractivity contribution in [3.05, 3.63) is 63.9 Å². The lowest BCUT2D eigenvalue weighted by molar-refractivity contribution is 0.372. The Labute approximate surface area is 157 Å². The van der Waals surface area contributed by atoms with E-state index in [1.165, 1.54) is 4.57 Å². The van der Waals surface area contributed by atoms with E-state index >= 15 is 0 Å². The normalized spacial score (nSPS) is 12.4. The highest BCUT2D eigenvalue weighted by Gasteiger charge is 2.21. The first-order valence-electron chi connectivity index (χ1n) is 8.77. The molecule has 3 rings (SSSR count). The van der Waals surface area contributed by atoms with Crippen molar-refractivity contribution in [2.75, 3.05) is 0 Å². The first-order valence-corrected chi connectivity index (χ1v) is 8.77. The topological polar surface area (TPSA) is 90.7 Å². The summed E-state index contributed by atoms with van der Waals surface area (Å²) in [4.78, 5) is 12.9. The smallest absolute Gasteiger partial charge is 0.281 e. The quantitative estimate of drug-likeness (QED) is 0.642. The summed E-state index contributed by atoms with van der Waals surface area (Å²) in [6.45, 7) is 5.31. The maximum absolute atomic E-state index is 12.9. The minimum absolute atomic E-state index is 0.0433. The van der Waals surface area contributed by atoms with E-state index in [1.54, 1.807) is 6.92 Å². The van der Waals surface area contributed by atoms with Crippen LogP contribution in [0.25, 0.3) is 10.8 Å². The second kappa shape index (κ2) is 7.42. The summed E-state index contributed by atoms with van der Waals surface area (Å²) in [6, 6.07) is 15.1. The molecule has 1 heterocycles. The molecule has 136 valence electrons. The number of fused-ring (bicyclic) bond motifs is 1. The highest BCUT2D eigenvalue weighted by Crippen LogP contribution is 2.31. The third-order valence-electron chi connectivity index (χ3n) is 4.77. The molecule has 3 aromatic rings. The number of aromatic nitrogens is 1. The van der Waals surface area contributed by atoms with Crippen molar-refractivity contribution < 1.29 is 5.11 Å². The van der Waals surface area contributed by atoms with Crippen molar-refractivity contribution in [2.24, 2.45) is 10.2 Å². The Hall–Kier alpha value is -3.46. The first-order chi connectivity index (χ1) is 13.0. The lowest BCUT2D eigenvalue weighted by Gasteiger charge is -2.17. The Morgan fingerprint density at radius 1 is 1.19 bits per heavy atom. The fourth-order valence-corrected chi connectivity index (χ4v) is 3.02. The average Bonchev–Trinajstić information content (AvgIpc) is 2.68. The predicted octanol–water partition coefficient (Wildman–Crippen LogP) is 5.27. The number of nitrogens with zero attached hydrogens (tertiary/aromatic N) is 4. The van der Waals surface area contributed by atoms with Gasteiger partial charge < -0.3 is 5.11 Å². The minimum atomic E-state index is -0.456. The molecule has 0 saturated heterocycles. The molecule has 0 fully saturated rings. The van der Waals surface area contributed by atoms with Crippen molar-refractivity contribution >= 4 is 22.1 Å². The SMILES string of the molecule is CCC(C)n1c(O)c(C#N)c(C)c(N=Nc2cccc3ccccc23)c1=O. The molecule has 0 radical (unpaired) electrons. The van der Waals surface area contributed by atoms with E-state index in [1.807, 2.05) is 62.4 Å². The fourth-order valence-electron chi connectivity index (χ4n) is 3.02. The molecule has 1 aromatic heterocycles. The molecule has 27 heavy (non-hydrogen) atoms. The van der Waals surface area contributed by atoms with Gasteiger partial charge in [0.2, 0.25) is 5.88 Å². The zero-order chi connectivity index (χ0) is 19.6. The highest BCUT2D eigenvalue weighted by molar-refractivity contribution is 5.92. The van der Waals surface area contributed by atoms with Gasteiger partial charge >= 0.3 is 0 Å². The summed E-state index contributed by atoms with van der Waals surface area (Å²) in [5.74, 6) is -0.321. The van der Waals surface area contributed by atoms with Crippen molar-refractivity contribution in [3.8, 4) is 11.9 Å². The Morgan fingerprint density at radius 2 is 1.89 bits per heavy atom. The van der Waals surface area contributed by atoms with Gasteiger partial charge in [0.1, 0.15) is 11.6 Å². The molecular formula is C21H20N4O2. The maximum atomic E-state index is 12.9. The maximum Gasteiger partial charge on any atom is 0.281 e. The van der Waals surface area contributed by atoms with Gasteiger partial charge in [-0.25, -0.2) is 0 Å². The second-order valence-corrected chi connectivity index (χ2v) is 6.41. The molecule has 0 saturated carbocycles. The molecule has 1 unspecified atom stereocenters. The Kier molecular flexibility index (Phi) is 5.04. The van der Waals surface area contributed by atoms with E-state index < -0.39 is 5.56 Å². The van der Waals surface area contributed by atoms with Gasteiger partial charge in [-0.15, -0.1) is 10.2 Å². The largest absolute Gasteiger partial charge is 0.493 e. The molecular weight excluding hydrogens is 340 g/mol. The molecule has 1 N–H and O–H groups in total. The molecule has 0 amide bonds. The Bertz CT molecular complexity index is 1130. The first kappa shape index (κ1) is 18.3. The van der Waals surface area contributed by atoms with Gasteiger partial charge in [0, 0.05) is 17.0 Å². The zero-order valence-electron chi connectivity index (χ0n) is 15.5. The summed E-state index contributed by atoms with van der Waals surface area (Å²) < 4.78 is 1.21. The Balaban J connectivity index is 2.21. The van der Waals surface area contributed by atoms with Crippen LogP contribution in [-0.2, 0) is 0 Å². The number of rotatable bonds is 4. The standard InChI is InChI=1S/C21H20N4O2/c1-4-13(2)25-20(26)17(12-22)14(3)19(21(25)27)24-23-18-11-7-9-15-8-5-6-10-16(15)18/h5-11,13,26H,4H2,1-3H3. The third kappa shape index (κ3) is 3.20. The van der Waals surface area contributed by atoms with Gasteiger partial charge in [-0.1, -0.05) is 43.3 Å². The highest BCUT2D eigenvalue weighted by atomic mass is 16.3. The lowest BCUT2D eigenvalue weighted by atomic mass is 10.1. The van der Waals surface area contributed by atoms with Gasteiger partial charge in [-0.05, 0) is 31.7 Å². The van der Waals surface area contributed by atoms with E-state index in [2.05, 4.69) is 10.2 Å². The zero-order valence-corrected chi connectivity index (χ0v) is 15.5. The van der Waals surface area contributed by atoms with E-state index in [0.717, 1.165) is 10.8 Å². The number of aromatic hydroxyl groups is 1. The van der Waals surface area contributed by atoms with Crippen LogP contribution in [0.2, 0.25) is 0 Å². The Morgan fingerprint density at radius 3 is 2.59 bits per heavy atom. The molecule has 0 aliphatic heterocycles. The van der Waals surface area contributed by atoms with Crippen LogP contribution in [0.1, 0.15) is 37.4 Å². The summed E-state index contributed by atoms with van der Waals surface area (Å²) in [7, 11) is 0. The van der Waals surface area contributed by atoms with Crippen LogP contribution in [0.3, 0.4) is 0 Å². The van der Waals surface area contributed by atoms with Gasteiger partial charge in [-0.3, -0.25) is 9.36 Å². The van der Waals surface area contributed by atoms with Gasteiger partial charge in [0.25, 0.3) is 5.56 Å². The monoisotopic (exact) mass is 360 g/mol. The van der Waals surface area contributed by atoms with Crippen LogP contribution in [-0.4, -0.2) is 9.67 Å². The lowest BCUT2D eigenvalue weighted by Crippen LogP contribution is -2.24. The summed E-state index contributed by atoms with van der Waals surface area (Å²) in [6.07, 6.45) is 0.626. The molecule has 0 bridgehead atoms. The van der Waals surface area contributed by atoms with E-state index in [4.69, 9.17) is 0 Å². The number of nitriles is 1. The molecule has 0 aliphatic carbocycles. The van der Waals surface area contributed by atoms with Crippen LogP contribution in [0.4, 0.5) is 11.4 Å². The summed E-state index contributed by atoms with van der Waals surface area (Å²) in [5, 5.41) is 30.2. The second-order valence-electron chi connectivity index (χ2n) is 6.41. The van der Waals surface area contributed by atoms with Crippen LogP contribution < -0.4 is 5.56 Å². The van der Waals surface area contributed by atoms with E-state index in [0.29, 0.717) is 17.7 Å². The van der Waals surface area contributed by atoms with Crippen molar-refractivity contribution in [3.63, 3.8) is 0 Å². The van der Waals surface area contributed by atoms with Gasteiger partial charge in [0.15, 0.2) is 5.69 Å². The summed E-state index contributed by atoms with van der Waals surface area (Å²) >= 11 is 0. The van der Waals surface area contributed by atoms with E-state index in [9.17, 15) is 15.2 Å². The molecule has 1 atom stereocenters. The van der Waals surface area contributed by atoms with Crippen LogP contribution in [0, 0.1) is 18.3 Å². The molecule has 0 aliphatic rings. The molecule has 6 nitrogen and oxygen atoms in total. The molecule has 6 heteroatoms. The van der Waals surface area contributed by atoms with Gasteiger partial charge in [-0.2, -0.15) is 5.26 Å². The third-order valence-corrected chi connectivity index (χ3v) is 4.77.